The van der Waals surface area contributed by atoms with Crippen LogP contribution in [0, 0.1) is 6.92 Å². The summed E-state index contributed by atoms with van der Waals surface area (Å²) in [4.78, 5) is 35.8. The molecule has 2 bridgehead atoms. The summed E-state index contributed by atoms with van der Waals surface area (Å²) in [7, 11) is 1.93. The zero-order chi connectivity index (χ0) is 27.4. The number of pyridine rings is 1. The molecule has 3 aliphatic heterocycles. The van der Waals surface area contributed by atoms with Crippen LogP contribution in [0.3, 0.4) is 0 Å². The van der Waals surface area contributed by atoms with Crippen LogP contribution in [0.2, 0.25) is 5.02 Å². The van der Waals surface area contributed by atoms with Gasteiger partial charge in [-0.3, -0.25) is 0 Å². The molecule has 0 unspecified atom stereocenters. The number of carbonyl (C=O) groups excluding carboxylic acids is 2. The van der Waals surface area contributed by atoms with Crippen LogP contribution >= 0.6 is 11.6 Å². The SMILES string of the molecule is CNCCN1CB=C(Nc2ccc(C)cn2)c2ccc(cc2)CN2C(=O)c3ccc(Cl)cc3NC(=O)[C@H]2CC1. The fraction of sp³-hybridized carbons (Fsp3) is 0.310. The molecule has 0 radical (unpaired) electrons. The average Bonchev–Trinajstić information content (AvgIpc) is 3.01. The first-order valence-electron chi connectivity index (χ1n) is 13.2. The molecule has 1 aromatic heterocycles. The summed E-state index contributed by atoms with van der Waals surface area (Å²) in [6, 6.07) is 16.5. The molecular weight excluding hydrogens is 511 g/mol. The number of carbonyl (C=O) groups is 2. The summed E-state index contributed by atoms with van der Waals surface area (Å²) in [6.07, 6.45) is 3.00. The molecule has 3 aromatic rings. The van der Waals surface area contributed by atoms with Crippen LogP contribution < -0.4 is 16.0 Å². The van der Waals surface area contributed by atoms with Gasteiger partial charge in [0.2, 0.25) is 0 Å². The monoisotopic (exact) mass is 542 g/mol. The normalized spacial score (nSPS) is 17.9. The molecule has 39 heavy (non-hydrogen) atoms. The van der Waals surface area contributed by atoms with Crippen LogP contribution in [-0.4, -0.2) is 78.3 Å². The zero-order valence-electron chi connectivity index (χ0n) is 22.2. The molecular formula is C29H32BClN6O2. The van der Waals surface area contributed by atoms with E-state index in [4.69, 9.17) is 11.6 Å². The second kappa shape index (κ2) is 12.1. The molecule has 3 aliphatic rings. The van der Waals surface area contributed by atoms with Crippen molar-refractivity contribution in [2.45, 2.75) is 25.9 Å². The Balaban J connectivity index is 1.51. The van der Waals surface area contributed by atoms with Crippen molar-refractivity contribution in [2.24, 2.45) is 0 Å². The Bertz CT molecular complexity index is 1380. The molecule has 200 valence electrons. The van der Waals surface area contributed by atoms with E-state index in [0.717, 1.165) is 41.2 Å². The van der Waals surface area contributed by atoms with Gasteiger partial charge in [-0.05, 0) is 0 Å². The summed E-state index contributed by atoms with van der Waals surface area (Å²) >= 11 is 6.19. The Hall–Kier alpha value is -3.53. The van der Waals surface area contributed by atoms with E-state index in [0.29, 0.717) is 42.2 Å². The minimum atomic E-state index is -0.625. The van der Waals surface area contributed by atoms with Crippen LogP contribution in [0.1, 0.15) is 33.5 Å². The van der Waals surface area contributed by atoms with Gasteiger partial charge in [0, 0.05) is 0 Å². The van der Waals surface area contributed by atoms with Gasteiger partial charge in [-0.25, -0.2) is 0 Å². The van der Waals surface area contributed by atoms with Crippen LogP contribution in [0.25, 0.3) is 0 Å². The number of likely N-dealkylation sites (N-methyl/N-ethyl adjacent to an activating group) is 1. The topological polar surface area (TPSA) is 89.6 Å². The Morgan fingerprint density at radius 2 is 1.95 bits per heavy atom. The maximum atomic E-state index is 13.8. The molecule has 0 saturated carbocycles. The average molecular weight is 543 g/mol. The molecule has 0 spiro atoms. The third kappa shape index (κ3) is 6.38. The zero-order valence-corrected chi connectivity index (χ0v) is 23.0. The molecule has 6 rings (SSSR count). The fourth-order valence-electron chi connectivity index (χ4n) is 4.93. The summed E-state index contributed by atoms with van der Waals surface area (Å²) in [6.45, 7) is 6.73. The first-order valence-corrected chi connectivity index (χ1v) is 13.6. The molecule has 10 heteroatoms. The van der Waals surface area contributed by atoms with Crippen LogP contribution in [0.5, 0.6) is 0 Å². The van der Waals surface area contributed by atoms with Crippen molar-refractivity contribution in [3.05, 3.63) is 88.1 Å². The molecule has 0 fully saturated rings. The van der Waals surface area contributed by atoms with Gasteiger partial charge in [-0.2, -0.15) is 0 Å². The van der Waals surface area contributed by atoms with Gasteiger partial charge in [0.25, 0.3) is 0 Å². The molecule has 3 N–H and O–H groups in total. The quantitative estimate of drug-likeness (QED) is 0.429. The number of hydrogen-bond acceptors (Lipinski definition) is 6. The Morgan fingerprint density at radius 1 is 1.13 bits per heavy atom. The van der Waals surface area contributed by atoms with Gasteiger partial charge < -0.3 is 0 Å². The van der Waals surface area contributed by atoms with Gasteiger partial charge in [0.05, 0.1) is 0 Å². The number of nitrogens with one attached hydrogen (secondary N) is 3. The summed E-state index contributed by atoms with van der Waals surface area (Å²) in [5.41, 5.74) is 4.93. The maximum absolute atomic E-state index is 13.8. The first-order chi connectivity index (χ1) is 18.9. The van der Waals surface area contributed by atoms with Crippen molar-refractivity contribution in [3.8, 4) is 0 Å². The van der Waals surface area contributed by atoms with Crippen molar-refractivity contribution < 1.29 is 9.59 Å². The first kappa shape index (κ1) is 27.1. The van der Waals surface area contributed by atoms with E-state index >= 15 is 0 Å². The van der Waals surface area contributed by atoms with Crippen molar-refractivity contribution >= 4 is 47.4 Å². The number of halogens is 1. The predicted octanol–water partition coefficient (Wildman–Crippen LogP) is 3.18. The number of rotatable bonds is 5. The number of nitrogens with zero attached hydrogens (tertiary/aromatic N) is 3. The number of benzene rings is 2. The number of fused-ring (bicyclic) bond motifs is 7. The standard InChI is InChI=1S/C29H32BClN6O2/c1-19-3-10-26(33-16-19)35-27-21-6-4-20(5-7-21)17-37-25(11-13-36(18-30-27)14-12-32-2)28(38)34-24-15-22(31)8-9-23(24)29(37)39/h3-10,15-16,25,32H,11-14,17-18H2,1-2H3,(H,33,35)(H,34,38)/t25-/m1/s1. The Morgan fingerprint density at radius 3 is 2.69 bits per heavy atom. The van der Waals surface area contributed by atoms with Gasteiger partial charge in [-0.1, -0.05) is 0 Å². The van der Waals surface area contributed by atoms with Gasteiger partial charge in [-0.15, -0.1) is 0 Å². The van der Waals surface area contributed by atoms with Crippen molar-refractivity contribution in [1.82, 2.24) is 20.1 Å². The van der Waals surface area contributed by atoms with Gasteiger partial charge in [0.1, 0.15) is 0 Å². The molecule has 4 heterocycles. The van der Waals surface area contributed by atoms with Crippen molar-refractivity contribution in [2.75, 3.05) is 43.8 Å². The molecule has 0 aliphatic carbocycles. The molecule has 2 aromatic carbocycles. The van der Waals surface area contributed by atoms with Crippen LogP contribution in [-0.2, 0) is 11.3 Å². The predicted molar refractivity (Wildman–Crippen MR) is 158 cm³/mol. The number of aromatic nitrogens is 1. The van der Waals surface area contributed by atoms with E-state index in [-0.39, 0.29) is 11.8 Å². The van der Waals surface area contributed by atoms with Gasteiger partial charge in [0.15, 0.2) is 0 Å². The van der Waals surface area contributed by atoms with Gasteiger partial charge >= 0.3 is 235 Å². The number of amides is 2. The second-order valence-corrected chi connectivity index (χ2v) is 10.4. The van der Waals surface area contributed by atoms with E-state index in [1.54, 1.807) is 23.1 Å². The van der Waals surface area contributed by atoms with Crippen LogP contribution in [0.4, 0.5) is 11.5 Å². The summed E-state index contributed by atoms with van der Waals surface area (Å²) < 4.78 is 0. The molecule has 2 amide bonds. The minimum absolute atomic E-state index is 0.184. The fourth-order valence-corrected chi connectivity index (χ4v) is 5.10. The number of aryl methyl sites for hydroxylation is 1. The molecule has 1 atom stereocenters. The summed E-state index contributed by atoms with van der Waals surface area (Å²) in [5.74, 6) is 0.390. The van der Waals surface area contributed by atoms with Crippen LogP contribution in [0.15, 0.2) is 60.8 Å². The van der Waals surface area contributed by atoms with E-state index in [1.165, 1.54) is 0 Å². The Labute approximate surface area is 234 Å². The Kier molecular flexibility index (Phi) is 8.40. The number of anilines is 2. The van der Waals surface area contributed by atoms with Crippen molar-refractivity contribution in [3.63, 3.8) is 0 Å². The van der Waals surface area contributed by atoms with Crippen molar-refractivity contribution in [1.29, 1.82) is 0 Å². The van der Waals surface area contributed by atoms with E-state index in [1.807, 2.05) is 56.6 Å². The van der Waals surface area contributed by atoms with E-state index in [2.05, 4.69) is 32.8 Å². The van der Waals surface area contributed by atoms with E-state index in [9.17, 15) is 9.59 Å². The third-order valence-electron chi connectivity index (χ3n) is 7.15. The second-order valence-electron chi connectivity index (χ2n) is 9.98. The summed E-state index contributed by atoms with van der Waals surface area (Å²) in [5, 5.41) is 10.1. The molecule has 8 nitrogen and oxygen atoms in total. The number of hydrogen-bond donors (Lipinski definition) is 3. The third-order valence-corrected chi connectivity index (χ3v) is 7.39. The van der Waals surface area contributed by atoms with E-state index < -0.39 is 6.04 Å². The molecule has 0 saturated heterocycles.